The summed E-state index contributed by atoms with van der Waals surface area (Å²) in [4.78, 5) is 25.0. The quantitative estimate of drug-likeness (QED) is 0.790. The second kappa shape index (κ2) is 5.61. The van der Waals surface area contributed by atoms with Crippen LogP contribution in [0.5, 0.6) is 0 Å². The average Bonchev–Trinajstić information content (AvgIpc) is 2.51. The summed E-state index contributed by atoms with van der Waals surface area (Å²) in [5, 5.41) is 0. The summed E-state index contributed by atoms with van der Waals surface area (Å²) >= 11 is 3.36. The Hall–Kier alpha value is -2.07. The molecule has 2 aromatic carbocycles. The van der Waals surface area contributed by atoms with E-state index in [-0.39, 0.29) is 22.7 Å². The van der Waals surface area contributed by atoms with Crippen molar-refractivity contribution in [2.24, 2.45) is 0 Å². The zero-order valence-corrected chi connectivity index (χ0v) is 13.4. The molecule has 0 amide bonds. The molecule has 1 aliphatic carbocycles. The highest BCUT2D eigenvalue weighted by Crippen LogP contribution is 2.29. The van der Waals surface area contributed by atoms with Gasteiger partial charge >= 0.3 is 0 Å². The number of hydrogen-bond acceptors (Lipinski definition) is 2. The Morgan fingerprint density at radius 2 is 1.64 bits per heavy atom. The van der Waals surface area contributed by atoms with Gasteiger partial charge in [0, 0.05) is 33.2 Å². The fraction of sp³-hybridized carbons (Fsp3) is 0.111. The SMILES string of the molecule is CC1=C(Cc2ccc(Br)cc2)C(=O)c2ccc(F)cc2C1=O. The zero-order valence-electron chi connectivity index (χ0n) is 11.8. The van der Waals surface area contributed by atoms with Gasteiger partial charge in [0.25, 0.3) is 0 Å². The van der Waals surface area contributed by atoms with E-state index in [4.69, 9.17) is 0 Å². The summed E-state index contributed by atoms with van der Waals surface area (Å²) in [6.07, 6.45) is 0.389. The van der Waals surface area contributed by atoms with Gasteiger partial charge in [0.2, 0.25) is 0 Å². The number of Topliss-reactive ketones (excluding diaryl/α,β-unsaturated/α-hetero) is 2. The van der Waals surface area contributed by atoms with E-state index in [1.807, 2.05) is 24.3 Å². The van der Waals surface area contributed by atoms with Gasteiger partial charge in [0.15, 0.2) is 11.6 Å². The number of benzene rings is 2. The second-order valence-corrected chi connectivity index (χ2v) is 6.17. The molecule has 2 nitrogen and oxygen atoms in total. The Morgan fingerprint density at radius 1 is 0.955 bits per heavy atom. The van der Waals surface area contributed by atoms with Crippen molar-refractivity contribution in [2.45, 2.75) is 13.3 Å². The predicted molar refractivity (Wildman–Crippen MR) is 85.6 cm³/mol. The van der Waals surface area contributed by atoms with Crippen molar-refractivity contribution in [2.75, 3.05) is 0 Å². The molecule has 1 aliphatic rings. The summed E-state index contributed by atoms with van der Waals surface area (Å²) in [7, 11) is 0. The topological polar surface area (TPSA) is 34.1 Å². The average molecular weight is 359 g/mol. The number of halogens is 2. The van der Waals surface area contributed by atoms with E-state index in [1.165, 1.54) is 12.1 Å². The smallest absolute Gasteiger partial charge is 0.190 e. The normalized spacial score (nSPS) is 14.3. The molecule has 0 aromatic heterocycles. The summed E-state index contributed by atoms with van der Waals surface area (Å²) in [6, 6.07) is 11.3. The van der Waals surface area contributed by atoms with Crippen molar-refractivity contribution < 1.29 is 14.0 Å². The van der Waals surface area contributed by atoms with E-state index in [0.717, 1.165) is 16.1 Å². The second-order valence-electron chi connectivity index (χ2n) is 5.25. The molecule has 0 saturated heterocycles. The Bertz CT molecular complexity index is 819. The summed E-state index contributed by atoms with van der Waals surface area (Å²) in [6.45, 7) is 1.63. The molecule has 3 rings (SSSR count). The highest BCUT2D eigenvalue weighted by molar-refractivity contribution is 9.10. The van der Waals surface area contributed by atoms with Crippen LogP contribution in [0.4, 0.5) is 4.39 Å². The van der Waals surface area contributed by atoms with Crippen LogP contribution in [0.25, 0.3) is 0 Å². The van der Waals surface area contributed by atoms with Gasteiger partial charge in [-0.25, -0.2) is 4.39 Å². The van der Waals surface area contributed by atoms with Gasteiger partial charge in [0.1, 0.15) is 5.82 Å². The lowest BCUT2D eigenvalue weighted by Gasteiger charge is -2.19. The van der Waals surface area contributed by atoms with Crippen LogP contribution < -0.4 is 0 Å². The molecule has 0 heterocycles. The first-order chi connectivity index (χ1) is 10.5. The number of carbonyl (C=O) groups excluding carboxylic acids is 2. The van der Waals surface area contributed by atoms with Crippen molar-refractivity contribution in [3.05, 3.63) is 80.6 Å². The summed E-state index contributed by atoms with van der Waals surface area (Å²) in [5.41, 5.74) is 2.26. The summed E-state index contributed by atoms with van der Waals surface area (Å²) < 4.78 is 14.3. The van der Waals surface area contributed by atoms with Gasteiger partial charge in [-0.05, 0) is 42.8 Å². The van der Waals surface area contributed by atoms with Crippen molar-refractivity contribution >= 4 is 27.5 Å². The number of ketones is 2. The number of carbonyl (C=O) groups is 2. The zero-order chi connectivity index (χ0) is 15.9. The minimum absolute atomic E-state index is 0.155. The first-order valence-electron chi connectivity index (χ1n) is 6.80. The molecule has 110 valence electrons. The lowest BCUT2D eigenvalue weighted by molar-refractivity contribution is 0.0972. The molecule has 0 bridgehead atoms. The van der Waals surface area contributed by atoms with Crippen LogP contribution in [0.2, 0.25) is 0 Å². The van der Waals surface area contributed by atoms with Crippen LogP contribution in [0, 0.1) is 5.82 Å². The van der Waals surface area contributed by atoms with E-state index in [2.05, 4.69) is 15.9 Å². The van der Waals surface area contributed by atoms with Gasteiger partial charge in [-0.15, -0.1) is 0 Å². The van der Waals surface area contributed by atoms with Crippen molar-refractivity contribution in [3.8, 4) is 0 Å². The standard InChI is InChI=1S/C18H12BrFO2/c1-10-15(8-11-2-4-12(19)5-3-11)18(22)14-7-6-13(20)9-16(14)17(10)21/h2-7,9H,8H2,1H3. The van der Waals surface area contributed by atoms with E-state index in [1.54, 1.807) is 6.92 Å². The molecule has 0 spiro atoms. The Morgan fingerprint density at radius 3 is 2.32 bits per heavy atom. The molecule has 0 N–H and O–H groups in total. The van der Waals surface area contributed by atoms with Gasteiger partial charge in [-0.3, -0.25) is 9.59 Å². The molecule has 0 atom stereocenters. The molecule has 0 aliphatic heterocycles. The minimum Gasteiger partial charge on any atom is -0.289 e. The van der Waals surface area contributed by atoms with Gasteiger partial charge in [-0.1, -0.05) is 28.1 Å². The third-order valence-electron chi connectivity index (χ3n) is 3.83. The van der Waals surface area contributed by atoms with Crippen LogP contribution in [0.15, 0.2) is 58.1 Å². The van der Waals surface area contributed by atoms with Crippen molar-refractivity contribution in [1.82, 2.24) is 0 Å². The molecule has 0 radical (unpaired) electrons. The monoisotopic (exact) mass is 358 g/mol. The number of fused-ring (bicyclic) bond motifs is 1. The van der Waals surface area contributed by atoms with Crippen molar-refractivity contribution in [3.63, 3.8) is 0 Å². The maximum Gasteiger partial charge on any atom is 0.190 e. The molecule has 2 aromatic rings. The molecule has 0 fully saturated rings. The fourth-order valence-electron chi connectivity index (χ4n) is 2.59. The van der Waals surface area contributed by atoms with Crippen LogP contribution >= 0.6 is 15.9 Å². The number of hydrogen-bond donors (Lipinski definition) is 0. The Labute approximate surface area is 135 Å². The largest absolute Gasteiger partial charge is 0.289 e. The lowest BCUT2D eigenvalue weighted by atomic mass is 9.82. The highest BCUT2D eigenvalue weighted by atomic mass is 79.9. The lowest BCUT2D eigenvalue weighted by Crippen LogP contribution is -2.22. The number of allylic oxidation sites excluding steroid dienone is 2. The van der Waals surface area contributed by atoms with Gasteiger partial charge in [0.05, 0.1) is 0 Å². The van der Waals surface area contributed by atoms with Crippen LogP contribution in [0.3, 0.4) is 0 Å². The Kier molecular flexibility index (Phi) is 3.79. The molecule has 0 saturated carbocycles. The third kappa shape index (κ3) is 2.55. The first kappa shape index (κ1) is 14.9. The van der Waals surface area contributed by atoms with E-state index in [0.29, 0.717) is 17.6 Å². The van der Waals surface area contributed by atoms with Gasteiger partial charge in [-0.2, -0.15) is 0 Å². The summed E-state index contributed by atoms with van der Waals surface area (Å²) in [5.74, 6) is -0.986. The first-order valence-corrected chi connectivity index (χ1v) is 7.60. The molecule has 0 unspecified atom stereocenters. The maximum absolute atomic E-state index is 13.3. The molecule has 4 heteroatoms. The minimum atomic E-state index is -0.510. The maximum atomic E-state index is 13.3. The van der Waals surface area contributed by atoms with E-state index >= 15 is 0 Å². The third-order valence-corrected chi connectivity index (χ3v) is 4.36. The van der Waals surface area contributed by atoms with Crippen LogP contribution in [-0.4, -0.2) is 11.6 Å². The van der Waals surface area contributed by atoms with Gasteiger partial charge < -0.3 is 0 Å². The molecule has 22 heavy (non-hydrogen) atoms. The van der Waals surface area contributed by atoms with Crippen molar-refractivity contribution in [1.29, 1.82) is 0 Å². The van der Waals surface area contributed by atoms with Crippen LogP contribution in [0.1, 0.15) is 33.2 Å². The molecular weight excluding hydrogens is 347 g/mol. The highest BCUT2D eigenvalue weighted by Gasteiger charge is 2.30. The predicted octanol–water partition coefficient (Wildman–Crippen LogP) is 4.53. The van der Waals surface area contributed by atoms with E-state index < -0.39 is 5.82 Å². The van der Waals surface area contributed by atoms with E-state index in [9.17, 15) is 14.0 Å². The number of rotatable bonds is 2. The van der Waals surface area contributed by atoms with Crippen LogP contribution in [-0.2, 0) is 6.42 Å². The Balaban J connectivity index is 2.03. The fourth-order valence-corrected chi connectivity index (χ4v) is 2.86. The molecular formula is C18H12BrFO2.